The minimum absolute atomic E-state index is 0.0268. The van der Waals surface area contributed by atoms with Gasteiger partial charge in [-0.25, -0.2) is 9.67 Å². The SMILES string of the molecule is CC(C)(C)n1cnc(Br)n1. The van der Waals surface area contributed by atoms with E-state index in [2.05, 4.69) is 46.8 Å². The van der Waals surface area contributed by atoms with Crippen LogP contribution in [0.15, 0.2) is 11.1 Å². The first-order chi connectivity index (χ1) is 4.50. The van der Waals surface area contributed by atoms with Gasteiger partial charge in [0.15, 0.2) is 0 Å². The maximum absolute atomic E-state index is 4.10. The first-order valence-corrected chi connectivity index (χ1v) is 3.87. The van der Waals surface area contributed by atoms with Gasteiger partial charge in [-0.3, -0.25) is 0 Å². The first-order valence-electron chi connectivity index (χ1n) is 3.08. The van der Waals surface area contributed by atoms with Gasteiger partial charge in [-0.15, -0.1) is 5.10 Å². The fourth-order valence-electron chi connectivity index (χ4n) is 0.566. The van der Waals surface area contributed by atoms with E-state index in [0.717, 1.165) is 0 Å². The van der Waals surface area contributed by atoms with E-state index in [-0.39, 0.29) is 5.54 Å². The molecule has 10 heavy (non-hydrogen) atoms. The van der Waals surface area contributed by atoms with E-state index < -0.39 is 0 Å². The molecule has 0 aromatic carbocycles. The molecule has 1 rings (SSSR count). The highest BCUT2D eigenvalue weighted by Gasteiger charge is 2.13. The van der Waals surface area contributed by atoms with Gasteiger partial charge in [0, 0.05) is 0 Å². The largest absolute Gasteiger partial charge is 0.247 e. The Labute approximate surface area is 68.6 Å². The lowest BCUT2D eigenvalue weighted by Crippen LogP contribution is -2.22. The second-order valence-electron chi connectivity index (χ2n) is 3.13. The van der Waals surface area contributed by atoms with Crippen molar-refractivity contribution in [3.05, 3.63) is 11.1 Å². The molecule has 1 aromatic heterocycles. The van der Waals surface area contributed by atoms with Gasteiger partial charge in [0.2, 0.25) is 4.73 Å². The number of hydrogen-bond acceptors (Lipinski definition) is 2. The molecule has 1 heterocycles. The quantitative estimate of drug-likeness (QED) is 0.645. The van der Waals surface area contributed by atoms with Gasteiger partial charge < -0.3 is 0 Å². The Morgan fingerprint density at radius 2 is 2.10 bits per heavy atom. The van der Waals surface area contributed by atoms with Crippen LogP contribution in [0.5, 0.6) is 0 Å². The molecule has 4 heteroatoms. The Morgan fingerprint density at radius 1 is 1.50 bits per heavy atom. The third-order valence-corrected chi connectivity index (χ3v) is 1.51. The maximum Gasteiger partial charge on any atom is 0.217 e. The molecule has 0 atom stereocenters. The van der Waals surface area contributed by atoms with Gasteiger partial charge in [0.25, 0.3) is 0 Å². The summed E-state index contributed by atoms with van der Waals surface area (Å²) in [4.78, 5) is 3.95. The van der Waals surface area contributed by atoms with Gasteiger partial charge in [-0.1, -0.05) is 0 Å². The third-order valence-electron chi connectivity index (χ3n) is 1.15. The van der Waals surface area contributed by atoms with E-state index in [1.165, 1.54) is 0 Å². The average Bonchev–Trinajstić information content (AvgIpc) is 2.11. The monoisotopic (exact) mass is 203 g/mol. The summed E-state index contributed by atoms with van der Waals surface area (Å²) in [7, 11) is 0. The lowest BCUT2D eigenvalue weighted by Gasteiger charge is -2.17. The second kappa shape index (κ2) is 2.34. The molecule has 0 saturated carbocycles. The standard InChI is InChI=1S/C6H10BrN3/c1-6(2,3)10-4-8-5(7)9-10/h4H,1-3H3. The van der Waals surface area contributed by atoms with Crippen LogP contribution in [0.3, 0.4) is 0 Å². The van der Waals surface area contributed by atoms with Crippen molar-refractivity contribution in [2.24, 2.45) is 0 Å². The highest BCUT2D eigenvalue weighted by atomic mass is 79.9. The Balaban J connectivity index is 2.96. The molecule has 0 bridgehead atoms. The van der Waals surface area contributed by atoms with Crippen molar-refractivity contribution in [1.82, 2.24) is 14.8 Å². The average molecular weight is 204 g/mol. The fourth-order valence-corrected chi connectivity index (χ4v) is 0.829. The zero-order valence-corrected chi connectivity index (χ0v) is 7.88. The molecule has 0 amide bonds. The van der Waals surface area contributed by atoms with Gasteiger partial charge in [-0.05, 0) is 36.7 Å². The van der Waals surface area contributed by atoms with Crippen LogP contribution in [-0.2, 0) is 5.54 Å². The van der Waals surface area contributed by atoms with Gasteiger partial charge in [0.05, 0.1) is 5.54 Å². The van der Waals surface area contributed by atoms with Crippen molar-refractivity contribution >= 4 is 15.9 Å². The van der Waals surface area contributed by atoms with Crippen LogP contribution in [-0.4, -0.2) is 14.8 Å². The summed E-state index contributed by atoms with van der Waals surface area (Å²) in [5.41, 5.74) is 0.0268. The smallest absolute Gasteiger partial charge is 0.217 e. The lowest BCUT2D eigenvalue weighted by molar-refractivity contribution is 0.353. The summed E-state index contributed by atoms with van der Waals surface area (Å²) in [6.45, 7) is 6.23. The van der Waals surface area contributed by atoms with Crippen LogP contribution in [0.25, 0.3) is 0 Å². The highest BCUT2D eigenvalue weighted by Crippen LogP contribution is 2.12. The van der Waals surface area contributed by atoms with Crippen molar-refractivity contribution in [3.63, 3.8) is 0 Å². The summed E-state index contributed by atoms with van der Waals surface area (Å²) in [5, 5.41) is 4.10. The molecule has 0 spiro atoms. The van der Waals surface area contributed by atoms with Crippen molar-refractivity contribution in [1.29, 1.82) is 0 Å². The maximum atomic E-state index is 4.10. The Hall–Kier alpha value is -0.380. The number of hydrogen-bond donors (Lipinski definition) is 0. The zero-order valence-electron chi connectivity index (χ0n) is 6.30. The van der Waals surface area contributed by atoms with Crippen molar-refractivity contribution in [2.45, 2.75) is 26.3 Å². The Bertz CT molecular complexity index is 223. The summed E-state index contributed by atoms with van der Waals surface area (Å²) in [6.07, 6.45) is 1.71. The topological polar surface area (TPSA) is 30.7 Å². The first kappa shape index (κ1) is 7.72. The normalized spacial score (nSPS) is 12.0. The predicted molar refractivity (Wildman–Crippen MR) is 42.7 cm³/mol. The van der Waals surface area contributed by atoms with Gasteiger partial charge in [0.1, 0.15) is 6.33 Å². The fraction of sp³-hybridized carbons (Fsp3) is 0.667. The minimum atomic E-state index is 0.0268. The van der Waals surface area contributed by atoms with E-state index in [1.54, 1.807) is 6.33 Å². The van der Waals surface area contributed by atoms with E-state index in [4.69, 9.17) is 0 Å². The van der Waals surface area contributed by atoms with Gasteiger partial charge in [-0.2, -0.15) is 0 Å². The van der Waals surface area contributed by atoms with E-state index in [9.17, 15) is 0 Å². The molecule has 0 aliphatic rings. The summed E-state index contributed by atoms with van der Waals surface area (Å²) < 4.78 is 2.46. The molecular weight excluding hydrogens is 194 g/mol. The van der Waals surface area contributed by atoms with Crippen LogP contribution in [0.2, 0.25) is 0 Å². The Morgan fingerprint density at radius 3 is 2.30 bits per heavy atom. The molecule has 1 aromatic rings. The van der Waals surface area contributed by atoms with Gasteiger partial charge >= 0.3 is 0 Å². The highest BCUT2D eigenvalue weighted by molar-refractivity contribution is 9.10. The van der Waals surface area contributed by atoms with E-state index >= 15 is 0 Å². The predicted octanol–water partition coefficient (Wildman–Crippen LogP) is 1.80. The number of nitrogens with zero attached hydrogens (tertiary/aromatic N) is 3. The van der Waals surface area contributed by atoms with Crippen molar-refractivity contribution < 1.29 is 0 Å². The van der Waals surface area contributed by atoms with E-state index in [0.29, 0.717) is 4.73 Å². The van der Waals surface area contributed by atoms with Crippen LogP contribution < -0.4 is 0 Å². The molecule has 0 aliphatic heterocycles. The van der Waals surface area contributed by atoms with E-state index in [1.807, 2.05) is 4.68 Å². The second-order valence-corrected chi connectivity index (χ2v) is 3.84. The molecule has 0 radical (unpaired) electrons. The van der Waals surface area contributed by atoms with Crippen molar-refractivity contribution in [3.8, 4) is 0 Å². The van der Waals surface area contributed by atoms with Crippen LogP contribution in [0, 0.1) is 0 Å². The third kappa shape index (κ3) is 1.56. The lowest BCUT2D eigenvalue weighted by atomic mass is 10.1. The molecule has 0 aliphatic carbocycles. The molecule has 0 saturated heterocycles. The zero-order chi connectivity index (χ0) is 7.78. The summed E-state index contributed by atoms with van der Waals surface area (Å²) in [5.74, 6) is 0. The summed E-state index contributed by atoms with van der Waals surface area (Å²) in [6, 6.07) is 0. The number of halogens is 1. The van der Waals surface area contributed by atoms with Crippen LogP contribution in [0.1, 0.15) is 20.8 Å². The van der Waals surface area contributed by atoms with Crippen LogP contribution >= 0.6 is 15.9 Å². The molecule has 0 N–H and O–H groups in total. The minimum Gasteiger partial charge on any atom is -0.247 e. The summed E-state index contributed by atoms with van der Waals surface area (Å²) >= 11 is 3.18. The molecular formula is C6H10BrN3. The van der Waals surface area contributed by atoms with Crippen molar-refractivity contribution in [2.75, 3.05) is 0 Å². The molecule has 0 unspecified atom stereocenters. The number of rotatable bonds is 0. The molecule has 0 fully saturated rings. The van der Waals surface area contributed by atoms with Crippen LogP contribution in [0.4, 0.5) is 0 Å². The molecule has 56 valence electrons. The Kier molecular flexibility index (Phi) is 1.81. The molecule has 3 nitrogen and oxygen atoms in total. The number of aromatic nitrogens is 3.